The second-order valence-corrected chi connectivity index (χ2v) is 5.82. The summed E-state index contributed by atoms with van der Waals surface area (Å²) in [4.78, 5) is 14.1. The molecular weight excluding hydrogens is 256 g/mol. The molecule has 1 amide bonds. The van der Waals surface area contributed by atoms with Crippen LogP contribution in [0.25, 0.3) is 0 Å². The number of nitrogens with zero attached hydrogens (tertiary/aromatic N) is 2. The number of hydrogen-bond donors (Lipinski definition) is 2. The zero-order valence-electron chi connectivity index (χ0n) is 12.5. The number of ether oxygens (including phenoxy) is 1. The van der Waals surface area contributed by atoms with Gasteiger partial charge in [-0.25, -0.2) is 0 Å². The molecule has 0 spiro atoms. The van der Waals surface area contributed by atoms with Gasteiger partial charge in [0.1, 0.15) is 0 Å². The van der Waals surface area contributed by atoms with Crippen LogP contribution >= 0.6 is 0 Å². The zero-order chi connectivity index (χ0) is 14.7. The van der Waals surface area contributed by atoms with Crippen LogP contribution in [0.2, 0.25) is 0 Å². The number of amides is 1. The Morgan fingerprint density at radius 1 is 1.60 bits per heavy atom. The van der Waals surface area contributed by atoms with Crippen LogP contribution in [-0.4, -0.2) is 47.8 Å². The lowest BCUT2D eigenvalue weighted by Gasteiger charge is -2.26. The number of aromatic amines is 1. The van der Waals surface area contributed by atoms with Crippen LogP contribution in [0.4, 0.5) is 5.69 Å². The number of rotatable bonds is 4. The van der Waals surface area contributed by atoms with Gasteiger partial charge in [-0.15, -0.1) is 0 Å². The maximum absolute atomic E-state index is 12.4. The molecule has 0 saturated carbocycles. The summed E-state index contributed by atoms with van der Waals surface area (Å²) in [5.74, 6) is 0.500. The monoisotopic (exact) mass is 280 g/mol. The minimum absolute atomic E-state index is 0.128. The molecule has 1 fully saturated rings. The van der Waals surface area contributed by atoms with Gasteiger partial charge in [0, 0.05) is 20.2 Å². The molecule has 1 aromatic heterocycles. The van der Waals surface area contributed by atoms with Gasteiger partial charge in [0.05, 0.1) is 18.0 Å². The molecule has 2 heterocycles. The smallest absolute Gasteiger partial charge is 0.276 e. The van der Waals surface area contributed by atoms with Crippen LogP contribution in [0.3, 0.4) is 0 Å². The van der Waals surface area contributed by atoms with Gasteiger partial charge < -0.3 is 15.4 Å². The number of aromatic nitrogens is 2. The SMILES string of the molecule is CC(C)c1[nH]nc(C(=O)N(C)CC2CCCOC2)c1N. The Bertz CT molecular complexity index is 464. The van der Waals surface area contributed by atoms with E-state index in [1.54, 1.807) is 11.9 Å². The fourth-order valence-corrected chi connectivity index (χ4v) is 2.57. The number of carbonyl (C=O) groups is 1. The maximum Gasteiger partial charge on any atom is 0.276 e. The lowest BCUT2D eigenvalue weighted by Crippen LogP contribution is -2.35. The first kappa shape index (κ1) is 14.8. The van der Waals surface area contributed by atoms with E-state index in [0.29, 0.717) is 23.8 Å². The summed E-state index contributed by atoms with van der Waals surface area (Å²) in [7, 11) is 1.79. The highest BCUT2D eigenvalue weighted by atomic mass is 16.5. The molecule has 2 rings (SSSR count). The van der Waals surface area contributed by atoms with E-state index in [0.717, 1.165) is 31.7 Å². The second kappa shape index (κ2) is 6.26. The van der Waals surface area contributed by atoms with Gasteiger partial charge in [-0.05, 0) is 24.7 Å². The molecular formula is C14H24N4O2. The van der Waals surface area contributed by atoms with Crippen molar-refractivity contribution in [3.63, 3.8) is 0 Å². The van der Waals surface area contributed by atoms with E-state index < -0.39 is 0 Å². The summed E-state index contributed by atoms with van der Waals surface area (Å²) in [5, 5.41) is 6.94. The first-order chi connectivity index (χ1) is 9.50. The molecule has 0 radical (unpaired) electrons. The summed E-state index contributed by atoms with van der Waals surface area (Å²) in [6, 6.07) is 0. The topological polar surface area (TPSA) is 84.2 Å². The van der Waals surface area contributed by atoms with Gasteiger partial charge in [0.2, 0.25) is 0 Å². The van der Waals surface area contributed by atoms with Gasteiger partial charge >= 0.3 is 0 Å². The number of hydrogen-bond acceptors (Lipinski definition) is 4. The Hall–Kier alpha value is -1.56. The van der Waals surface area contributed by atoms with Crippen LogP contribution in [0.1, 0.15) is 48.8 Å². The summed E-state index contributed by atoms with van der Waals surface area (Å²) in [6.07, 6.45) is 2.17. The Morgan fingerprint density at radius 2 is 2.35 bits per heavy atom. The molecule has 1 atom stereocenters. The predicted octanol–water partition coefficient (Wildman–Crippen LogP) is 1.61. The van der Waals surface area contributed by atoms with E-state index in [9.17, 15) is 4.79 Å². The zero-order valence-corrected chi connectivity index (χ0v) is 12.5. The summed E-state index contributed by atoms with van der Waals surface area (Å²) in [6.45, 7) is 6.27. The van der Waals surface area contributed by atoms with Crippen molar-refractivity contribution in [3.05, 3.63) is 11.4 Å². The highest BCUT2D eigenvalue weighted by Crippen LogP contribution is 2.23. The lowest BCUT2D eigenvalue weighted by atomic mass is 10.0. The normalized spacial score (nSPS) is 19.3. The van der Waals surface area contributed by atoms with Gasteiger partial charge in [0.25, 0.3) is 5.91 Å². The van der Waals surface area contributed by atoms with Crippen molar-refractivity contribution in [1.82, 2.24) is 15.1 Å². The molecule has 1 saturated heterocycles. The van der Waals surface area contributed by atoms with Gasteiger partial charge in [-0.1, -0.05) is 13.8 Å². The van der Waals surface area contributed by atoms with Crippen molar-refractivity contribution < 1.29 is 9.53 Å². The van der Waals surface area contributed by atoms with Crippen LogP contribution in [-0.2, 0) is 4.74 Å². The largest absolute Gasteiger partial charge is 0.395 e. The summed E-state index contributed by atoms with van der Waals surface area (Å²) in [5.41, 5.74) is 7.63. The number of carbonyl (C=O) groups excluding carboxylic acids is 1. The van der Waals surface area contributed by atoms with E-state index in [4.69, 9.17) is 10.5 Å². The predicted molar refractivity (Wildman–Crippen MR) is 77.6 cm³/mol. The Morgan fingerprint density at radius 3 is 2.90 bits per heavy atom. The minimum atomic E-state index is -0.128. The molecule has 1 unspecified atom stereocenters. The average molecular weight is 280 g/mol. The van der Waals surface area contributed by atoms with E-state index in [1.807, 2.05) is 13.8 Å². The fourth-order valence-electron chi connectivity index (χ4n) is 2.57. The Kier molecular flexibility index (Phi) is 4.65. The van der Waals surface area contributed by atoms with Crippen molar-refractivity contribution in [3.8, 4) is 0 Å². The molecule has 1 aromatic rings. The molecule has 112 valence electrons. The highest BCUT2D eigenvalue weighted by Gasteiger charge is 2.24. The molecule has 1 aliphatic heterocycles. The van der Waals surface area contributed by atoms with Crippen molar-refractivity contribution in [1.29, 1.82) is 0 Å². The number of nitrogens with two attached hydrogens (primary N) is 1. The van der Waals surface area contributed by atoms with Crippen LogP contribution < -0.4 is 5.73 Å². The van der Waals surface area contributed by atoms with Crippen LogP contribution in [0.15, 0.2) is 0 Å². The van der Waals surface area contributed by atoms with E-state index in [-0.39, 0.29) is 11.8 Å². The third-order valence-electron chi connectivity index (χ3n) is 3.75. The molecule has 20 heavy (non-hydrogen) atoms. The van der Waals surface area contributed by atoms with Gasteiger partial charge in [0.15, 0.2) is 5.69 Å². The molecule has 0 aromatic carbocycles. The third kappa shape index (κ3) is 3.12. The van der Waals surface area contributed by atoms with Crippen molar-refractivity contribution in [2.75, 3.05) is 32.5 Å². The number of anilines is 1. The van der Waals surface area contributed by atoms with Gasteiger partial charge in [-0.2, -0.15) is 5.10 Å². The molecule has 6 nitrogen and oxygen atoms in total. The molecule has 0 bridgehead atoms. The summed E-state index contributed by atoms with van der Waals surface area (Å²) < 4.78 is 5.44. The summed E-state index contributed by atoms with van der Waals surface area (Å²) >= 11 is 0. The number of H-pyrrole nitrogens is 1. The molecule has 6 heteroatoms. The molecule has 3 N–H and O–H groups in total. The van der Waals surface area contributed by atoms with E-state index in [2.05, 4.69) is 10.2 Å². The Balaban J connectivity index is 2.02. The Labute approximate surface area is 119 Å². The third-order valence-corrected chi connectivity index (χ3v) is 3.75. The first-order valence-electron chi connectivity index (χ1n) is 7.17. The van der Waals surface area contributed by atoms with Gasteiger partial charge in [-0.3, -0.25) is 9.89 Å². The van der Waals surface area contributed by atoms with E-state index >= 15 is 0 Å². The maximum atomic E-state index is 12.4. The second-order valence-electron chi connectivity index (χ2n) is 5.82. The minimum Gasteiger partial charge on any atom is -0.395 e. The fraction of sp³-hybridized carbons (Fsp3) is 0.714. The van der Waals surface area contributed by atoms with Crippen molar-refractivity contribution in [2.24, 2.45) is 5.92 Å². The number of nitrogen functional groups attached to an aromatic ring is 1. The quantitative estimate of drug-likeness (QED) is 0.877. The molecule has 1 aliphatic rings. The highest BCUT2D eigenvalue weighted by molar-refractivity contribution is 5.97. The van der Waals surface area contributed by atoms with Crippen LogP contribution in [0, 0.1) is 5.92 Å². The number of nitrogens with one attached hydrogen (secondary N) is 1. The van der Waals surface area contributed by atoms with Crippen molar-refractivity contribution in [2.45, 2.75) is 32.6 Å². The standard InChI is InChI=1S/C14H24N4O2/c1-9(2)12-11(15)13(17-16-12)14(19)18(3)7-10-5-4-6-20-8-10/h9-10H,4-8,15H2,1-3H3,(H,16,17). The van der Waals surface area contributed by atoms with Crippen molar-refractivity contribution >= 4 is 11.6 Å². The van der Waals surface area contributed by atoms with Crippen LogP contribution in [0.5, 0.6) is 0 Å². The first-order valence-corrected chi connectivity index (χ1v) is 7.17. The average Bonchev–Trinajstić information content (AvgIpc) is 2.81. The van der Waals surface area contributed by atoms with E-state index in [1.165, 1.54) is 0 Å². The lowest BCUT2D eigenvalue weighted by molar-refractivity contribution is 0.0387. The molecule has 0 aliphatic carbocycles.